The van der Waals surface area contributed by atoms with Crippen molar-refractivity contribution < 1.29 is 5.11 Å². The zero-order valence-corrected chi connectivity index (χ0v) is 16.2. The van der Waals surface area contributed by atoms with Gasteiger partial charge in [-0.3, -0.25) is 0 Å². The molecule has 136 valence electrons. The fourth-order valence-electron chi connectivity index (χ4n) is 5.52. The van der Waals surface area contributed by atoms with E-state index in [0.29, 0.717) is 17.6 Å². The molecule has 1 nitrogen and oxygen atoms in total. The number of hydrogen-bond acceptors (Lipinski definition) is 1. The maximum absolute atomic E-state index is 9.77. The third kappa shape index (κ3) is 3.32. The molecule has 4 atom stereocenters. The highest BCUT2D eigenvalue weighted by Crippen LogP contribution is 2.51. The molecule has 1 heteroatoms. The maximum Gasteiger partial charge on any atom is 0.115 e. The Hall–Kier alpha value is -2.02. The van der Waals surface area contributed by atoms with Crippen LogP contribution in [0.2, 0.25) is 0 Å². The molecule has 0 aliphatic heterocycles. The molecule has 4 unspecified atom stereocenters. The lowest BCUT2D eigenvalue weighted by atomic mass is 9.61. The van der Waals surface area contributed by atoms with Crippen LogP contribution in [0.1, 0.15) is 56.2 Å². The molecule has 0 aromatic heterocycles. The lowest BCUT2D eigenvalue weighted by Gasteiger charge is -2.44. The van der Waals surface area contributed by atoms with E-state index in [1.807, 2.05) is 12.1 Å². The molecule has 26 heavy (non-hydrogen) atoms. The predicted molar refractivity (Wildman–Crippen MR) is 109 cm³/mol. The minimum Gasteiger partial charge on any atom is -0.508 e. The summed E-state index contributed by atoms with van der Waals surface area (Å²) in [4.78, 5) is 0. The average molecular weight is 347 g/mol. The Morgan fingerprint density at radius 2 is 1.42 bits per heavy atom. The van der Waals surface area contributed by atoms with Gasteiger partial charge in [-0.15, -0.1) is 0 Å². The van der Waals surface area contributed by atoms with Crippen molar-refractivity contribution in [3.05, 3.63) is 70.8 Å². The van der Waals surface area contributed by atoms with Gasteiger partial charge in [-0.1, -0.05) is 61.4 Å². The quantitative estimate of drug-likeness (QED) is 0.650. The van der Waals surface area contributed by atoms with Crippen LogP contribution in [0.15, 0.2) is 54.1 Å². The number of aromatic hydroxyl groups is 1. The van der Waals surface area contributed by atoms with Gasteiger partial charge in [-0.2, -0.15) is 0 Å². The highest BCUT2D eigenvalue weighted by Gasteiger charge is 2.38. The lowest BCUT2D eigenvalue weighted by Crippen LogP contribution is -2.32. The Morgan fingerprint density at radius 3 is 2.08 bits per heavy atom. The minimum absolute atomic E-state index is 0.338. The fourth-order valence-corrected chi connectivity index (χ4v) is 5.52. The van der Waals surface area contributed by atoms with Crippen LogP contribution in [0.5, 0.6) is 5.75 Å². The Labute approximate surface area is 157 Å². The Bertz CT molecular complexity index is 746. The number of hydrogen-bond donors (Lipinski definition) is 1. The number of rotatable bonds is 2. The monoisotopic (exact) mass is 346 g/mol. The van der Waals surface area contributed by atoms with Crippen LogP contribution in [0.25, 0.3) is 5.57 Å². The number of aryl methyl sites for hydroxylation is 1. The first kappa shape index (κ1) is 17.4. The van der Waals surface area contributed by atoms with Gasteiger partial charge < -0.3 is 5.11 Å². The summed E-state index contributed by atoms with van der Waals surface area (Å²) in [6.45, 7) is 7.01. The van der Waals surface area contributed by atoms with Crippen molar-refractivity contribution in [1.82, 2.24) is 0 Å². The molecular formula is C25H30O. The largest absolute Gasteiger partial charge is 0.508 e. The van der Waals surface area contributed by atoms with Gasteiger partial charge in [0.05, 0.1) is 0 Å². The summed E-state index contributed by atoms with van der Waals surface area (Å²) in [5.74, 6) is 3.42. The van der Waals surface area contributed by atoms with E-state index >= 15 is 0 Å². The second-order valence-electron chi connectivity index (χ2n) is 8.76. The van der Waals surface area contributed by atoms with Gasteiger partial charge in [-0.05, 0) is 85.1 Å². The van der Waals surface area contributed by atoms with Gasteiger partial charge in [0, 0.05) is 0 Å². The predicted octanol–water partition coefficient (Wildman–Crippen LogP) is 6.59. The van der Waals surface area contributed by atoms with Crippen LogP contribution in [0, 0.1) is 30.6 Å². The van der Waals surface area contributed by atoms with Crippen LogP contribution in [-0.4, -0.2) is 5.11 Å². The zero-order chi connectivity index (χ0) is 18.3. The molecule has 0 spiro atoms. The summed E-state index contributed by atoms with van der Waals surface area (Å²) < 4.78 is 0. The van der Waals surface area contributed by atoms with Crippen molar-refractivity contribution >= 4 is 5.57 Å². The number of phenols is 1. The van der Waals surface area contributed by atoms with Gasteiger partial charge in [-0.25, -0.2) is 0 Å². The van der Waals surface area contributed by atoms with Crippen LogP contribution >= 0.6 is 0 Å². The molecule has 2 aromatic carbocycles. The van der Waals surface area contributed by atoms with Crippen molar-refractivity contribution in [3.8, 4) is 5.75 Å². The molecule has 0 radical (unpaired) electrons. The lowest BCUT2D eigenvalue weighted by molar-refractivity contribution is 0.163. The molecule has 2 aliphatic rings. The van der Waals surface area contributed by atoms with E-state index in [4.69, 9.17) is 0 Å². The number of phenolic OH excluding ortho intramolecular Hbond substituents is 1. The smallest absolute Gasteiger partial charge is 0.115 e. The second-order valence-corrected chi connectivity index (χ2v) is 8.76. The number of fused-ring (bicyclic) bond motifs is 2. The van der Waals surface area contributed by atoms with Crippen molar-refractivity contribution in [3.63, 3.8) is 0 Å². The van der Waals surface area contributed by atoms with Crippen molar-refractivity contribution in [2.45, 2.75) is 46.5 Å². The molecule has 0 saturated heterocycles. The fraction of sp³-hybridized carbons (Fsp3) is 0.440. The van der Waals surface area contributed by atoms with Gasteiger partial charge in [0.1, 0.15) is 5.75 Å². The molecule has 0 heterocycles. The first-order chi connectivity index (χ1) is 12.5. The van der Waals surface area contributed by atoms with Gasteiger partial charge >= 0.3 is 0 Å². The first-order valence-electron chi connectivity index (χ1n) is 10.1. The molecule has 2 aliphatic carbocycles. The van der Waals surface area contributed by atoms with E-state index in [0.717, 1.165) is 11.8 Å². The highest BCUT2D eigenvalue weighted by atomic mass is 16.3. The molecule has 4 rings (SSSR count). The standard InChI is InChI=1S/C25H30O/c1-16-4-6-20(7-5-16)25(21-8-10-23(26)11-9-21)24-18(3)14-19-12-17(2)13-22(24)15-19/h4-11,17-19,22,26H,12-15H2,1-3H3/b25-24+. The third-order valence-electron chi connectivity index (χ3n) is 6.48. The summed E-state index contributed by atoms with van der Waals surface area (Å²) in [6.07, 6.45) is 5.41. The van der Waals surface area contributed by atoms with E-state index in [1.165, 1.54) is 47.9 Å². The van der Waals surface area contributed by atoms with Crippen LogP contribution in [0.4, 0.5) is 0 Å². The van der Waals surface area contributed by atoms with Crippen LogP contribution in [0.3, 0.4) is 0 Å². The van der Waals surface area contributed by atoms with Gasteiger partial charge in [0.15, 0.2) is 0 Å². The summed E-state index contributed by atoms with van der Waals surface area (Å²) in [6, 6.07) is 16.8. The van der Waals surface area contributed by atoms with Crippen molar-refractivity contribution in [2.75, 3.05) is 0 Å². The van der Waals surface area contributed by atoms with E-state index < -0.39 is 0 Å². The highest BCUT2D eigenvalue weighted by molar-refractivity contribution is 5.83. The normalized spacial score (nSPS) is 30.1. The Morgan fingerprint density at radius 1 is 0.808 bits per heavy atom. The molecule has 2 saturated carbocycles. The van der Waals surface area contributed by atoms with E-state index in [9.17, 15) is 5.11 Å². The summed E-state index contributed by atoms with van der Waals surface area (Å²) >= 11 is 0. The number of allylic oxidation sites excluding steroid dienone is 1. The zero-order valence-electron chi connectivity index (χ0n) is 16.2. The molecule has 2 bridgehead atoms. The third-order valence-corrected chi connectivity index (χ3v) is 6.48. The SMILES string of the molecule is Cc1ccc(/C(=C2/C(C)CC3CC(C)CC2C3)c2ccc(O)cc2)cc1. The minimum atomic E-state index is 0.338. The summed E-state index contributed by atoms with van der Waals surface area (Å²) in [5.41, 5.74) is 6.93. The van der Waals surface area contributed by atoms with Crippen LogP contribution < -0.4 is 0 Å². The molecule has 0 amide bonds. The van der Waals surface area contributed by atoms with Crippen molar-refractivity contribution in [2.24, 2.45) is 23.7 Å². The second kappa shape index (κ2) is 6.95. The maximum atomic E-state index is 9.77. The number of benzene rings is 2. The summed E-state index contributed by atoms with van der Waals surface area (Å²) in [5, 5.41) is 9.77. The molecular weight excluding hydrogens is 316 g/mol. The first-order valence-corrected chi connectivity index (χ1v) is 10.1. The van der Waals surface area contributed by atoms with E-state index in [2.05, 4.69) is 57.2 Å². The topological polar surface area (TPSA) is 20.2 Å². The molecule has 1 N–H and O–H groups in total. The Kier molecular flexibility index (Phi) is 4.65. The van der Waals surface area contributed by atoms with Gasteiger partial charge in [0.25, 0.3) is 0 Å². The Balaban J connectivity index is 1.89. The molecule has 2 fully saturated rings. The average Bonchev–Trinajstić information content (AvgIpc) is 2.60. The van der Waals surface area contributed by atoms with E-state index in [1.54, 1.807) is 5.57 Å². The van der Waals surface area contributed by atoms with Crippen molar-refractivity contribution in [1.29, 1.82) is 0 Å². The van der Waals surface area contributed by atoms with E-state index in [-0.39, 0.29) is 0 Å². The van der Waals surface area contributed by atoms with Crippen LogP contribution in [-0.2, 0) is 0 Å². The summed E-state index contributed by atoms with van der Waals surface area (Å²) in [7, 11) is 0. The van der Waals surface area contributed by atoms with Gasteiger partial charge in [0.2, 0.25) is 0 Å². The molecule has 2 aromatic rings.